The summed E-state index contributed by atoms with van der Waals surface area (Å²) < 4.78 is 26.5. The van der Waals surface area contributed by atoms with Gasteiger partial charge in [-0.2, -0.15) is 4.31 Å². The number of nitrogens with one attached hydrogen (secondary N) is 1. The van der Waals surface area contributed by atoms with Gasteiger partial charge >= 0.3 is 0 Å². The van der Waals surface area contributed by atoms with Gasteiger partial charge in [-0.25, -0.2) is 8.42 Å². The van der Waals surface area contributed by atoms with E-state index in [0.717, 1.165) is 30.0 Å². The number of nitrogens with zero attached hydrogens (tertiary/aromatic N) is 2. The van der Waals surface area contributed by atoms with Crippen LogP contribution in [0.15, 0.2) is 29.2 Å². The molecule has 7 nitrogen and oxygen atoms in total. The minimum absolute atomic E-state index is 0.0843. The van der Waals surface area contributed by atoms with E-state index in [4.69, 9.17) is 0 Å². The number of benzene rings is 1. The molecule has 0 radical (unpaired) electrons. The smallest absolute Gasteiger partial charge is 0.243 e. The van der Waals surface area contributed by atoms with Crippen molar-refractivity contribution in [2.75, 3.05) is 26.0 Å². The quantitative estimate of drug-likeness (QED) is 0.801. The zero-order valence-electron chi connectivity index (χ0n) is 16.4. The fourth-order valence-corrected chi connectivity index (χ4v) is 4.43. The van der Waals surface area contributed by atoms with Gasteiger partial charge in [0.2, 0.25) is 21.8 Å². The highest BCUT2D eigenvalue weighted by molar-refractivity contribution is 7.89. The van der Waals surface area contributed by atoms with Crippen molar-refractivity contribution in [2.24, 2.45) is 5.92 Å². The van der Waals surface area contributed by atoms with Crippen molar-refractivity contribution in [2.45, 2.75) is 50.5 Å². The van der Waals surface area contributed by atoms with E-state index in [9.17, 15) is 18.0 Å². The second kappa shape index (κ2) is 8.84. The summed E-state index contributed by atoms with van der Waals surface area (Å²) in [5, 5.41) is 2.59. The molecule has 2 amide bonds. The summed E-state index contributed by atoms with van der Waals surface area (Å²) in [5.41, 5.74) is 0.520. The highest BCUT2D eigenvalue weighted by Crippen LogP contribution is 2.26. The van der Waals surface area contributed by atoms with Crippen molar-refractivity contribution in [3.8, 4) is 0 Å². The van der Waals surface area contributed by atoms with Crippen molar-refractivity contribution in [3.05, 3.63) is 24.3 Å². The molecular weight excluding hydrogens is 366 g/mol. The molecule has 0 spiro atoms. The third-order valence-electron chi connectivity index (χ3n) is 5.17. The van der Waals surface area contributed by atoms with Gasteiger partial charge in [0.05, 0.1) is 11.4 Å². The second-order valence-corrected chi connectivity index (χ2v) is 9.43. The fourth-order valence-electron chi connectivity index (χ4n) is 3.31. The summed E-state index contributed by atoms with van der Waals surface area (Å²) in [7, 11) is -0.615. The Morgan fingerprint density at radius 3 is 2.15 bits per heavy atom. The molecule has 1 saturated carbocycles. The maximum atomic E-state index is 12.7. The highest BCUT2D eigenvalue weighted by Gasteiger charge is 2.28. The van der Waals surface area contributed by atoms with Crippen molar-refractivity contribution < 1.29 is 18.0 Å². The van der Waals surface area contributed by atoms with E-state index in [1.165, 1.54) is 38.2 Å². The van der Waals surface area contributed by atoms with Crippen LogP contribution in [-0.2, 0) is 19.6 Å². The molecule has 0 aromatic heterocycles. The number of carbonyl (C=O) groups excluding carboxylic acids is 2. The number of hydrogen-bond acceptors (Lipinski definition) is 4. The lowest BCUT2D eigenvalue weighted by atomic mass is 9.87. The first-order chi connectivity index (χ1) is 12.6. The van der Waals surface area contributed by atoms with Gasteiger partial charge in [-0.1, -0.05) is 6.92 Å². The maximum Gasteiger partial charge on any atom is 0.243 e. The van der Waals surface area contributed by atoms with Crippen LogP contribution in [0.1, 0.15) is 39.5 Å². The molecule has 0 heterocycles. The first-order valence-corrected chi connectivity index (χ1v) is 10.6. The van der Waals surface area contributed by atoms with E-state index >= 15 is 0 Å². The molecule has 1 fully saturated rings. The lowest BCUT2D eigenvalue weighted by Gasteiger charge is -2.34. The van der Waals surface area contributed by atoms with Gasteiger partial charge in [-0.15, -0.1) is 0 Å². The lowest BCUT2D eigenvalue weighted by molar-refractivity contribution is -0.132. The predicted molar refractivity (Wildman–Crippen MR) is 105 cm³/mol. The Morgan fingerprint density at radius 2 is 1.63 bits per heavy atom. The van der Waals surface area contributed by atoms with E-state index in [-0.39, 0.29) is 29.3 Å². The van der Waals surface area contributed by atoms with Crippen LogP contribution in [0.4, 0.5) is 5.69 Å². The molecule has 1 aliphatic carbocycles. The Labute approximate surface area is 161 Å². The SMILES string of the molecule is CC(=O)Nc1ccc(S(=O)(=O)N(C)CC(=O)N(C)C2CCC(C)CC2)cc1. The molecule has 0 atom stereocenters. The molecule has 1 aromatic rings. The Hall–Kier alpha value is -1.93. The predicted octanol–water partition coefficient (Wildman–Crippen LogP) is 2.30. The van der Waals surface area contributed by atoms with Crippen LogP contribution in [0.2, 0.25) is 0 Å². The van der Waals surface area contributed by atoms with Crippen LogP contribution < -0.4 is 5.32 Å². The van der Waals surface area contributed by atoms with Gasteiger partial charge in [-0.3, -0.25) is 9.59 Å². The normalized spacial score (nSPS) is 20.3. The Bertz CT molecular complexity index is 769. The summed E-state index contributed by atoms with van der Waals surface area (Å²) in [6.07, 6.45) is 4.11. The molecule has 0 saturated heterocycles. The molecule has 1 aromatic carbocycles. The number of amides is 2. The molecule has 0 unspecified atom stereocenters. The van der Waals surface area contributed by atoms with Crippen LogP contribution in [0.25, 0.3) is 0 Å². The summed E-state index contributed by atoms with van der Waals surface area (Å²) in [5.74, 6) is 0.261. The molecule has 0 bridgehead atoms. The largest absolute Gasteiger partial charge is 0.342 e. The van der Waals surface area contributed by atoms with E-state index in [2.05, 4.69) is 12.2 Å². The van der Waals surface area contributed by atoms with Gasteiger partial charge < -0.3 is 10.2 Å². The van der Waals surface area contributed by atoms with Gasteiger partial charge in [0.1, 0.15) is 0 Å². The number of rotatable bonds is 6. The Balaban J connectivity index is 2.01. The lowest BCUT2D eigenvalue weighted by Crippen LogP contribution is -2.45. The summed E-state index contributed by atoms with van der Waals surface area (Å²) in [6, 6.07) is 6.09. The fraction of sp³-hybridized carbons (Fsp3) is 0.579. The number of carbonyl (C=O) groups is 2. The summed E-state index contributed by atoms with van der Waals surface area (Å²) in [6.45, 7) is 3.40. The van der Waals surface area contributed by atoms with Crippen LogP contribution in [0.3, 0.4) is 0 Å². The number of hydrogen-bond donors (Lipinski definition) is 1. The maximum absolute atomic E-state index is 12.7. The molecule has 150 valence electrons. The van der Waals surface area contributed by atoms with E-state index in [0.29, 0.717) is 11.6 Å². The Kier molecular flexibility index (Phi) is 7.00. The van der Waals surface area contributed by atoms with Crippen molar-refractivity contribution in [1.82, 2.24) is 9.21 Å². The van der Waals surface area contributed by atoms with Crippen molar-refractivity contribution in [3.63, 3.8) is 0 Å². The van der Waals surface area contributed by atoms with E-state index in [1.54, 1.807) is 11.9 Å². The van der Waals surface area contributed by atoms with Crippen molar-refractivity contribution in [1.29, 1.82) is 0 Å². The molecule has 2 rings (SSSR count). The molecule has 8 heteroatoms. The summed E-state index contributed by atoms with van der Waals surface area (Å²) >= 11 is 0. The number of likely N-dealkylation sites (N-methyl/N-ethyl adjacent to an activating group) is 2. The first-order valence-electron chi connectivity index (χ1n) is 9.21. The van der Waals surface area contributed by atoms with Gasteiger partial charge in [0.25, 0.3) is 0 Å². The van der Waals surface area contributed by atoms with Crippen LogP contribution in [-0.4, -0.2) is 56.1 Å². The van der Waals surface area contributed by atoms with E-state index < -0.39 is 10.0 Å². The monoisotopic (exact) mass is 395 g/mol. The van der Waals surface area contributed by atoms with E-state index in [1.807, 2.05) is 0 Å². The first kappa shape index (κ1) is 21.4. The molecular formula is C19H29N3O4S. The highest BCUT2D eigenvalue weighted by atomic mass is 32.2. The zero-order chi connectivity index (χ0) is 20.2. The third kappa shape index (κ3) is 5.52. The topological polar surface area (TPSA) is 86.8 Å². The second-order valence-electron chi connectivity index (χ2n) is 7.38. The standard InChI is InChI=1S/C19H29N3O4S/c1-14-5-9-17(10-6-14)22(4)19(24)13-21(3)27(25,26)18-11-7-16(8-12-18)20-15(2)23/h7-8,11-12,14,17H,5-6,9-10,13H2,1-4H3,(H,20,23). The van der Waals surface area contributed by atoms with Crippen LogP contribution in [0.5, 0.6) is 0 Å². The third-order valence-corrected chi connectivity index (χ3v) is 6.98. The van der Waals surface area contributed by atoms with Crippen LogP contribution in [0, 0.1) is 5.92 Å². The van der Waals surface area contributed by atoms with Gasteiger partial charge in [0.15, 0.2) is 0 Å². The minimum Gasteiger partial charge on any atom is -0.342 e. The average molecular weight is 396 g/mol. The van der Waals surface area contributed by atoms with Gasteiger partial charge in [0, 0.05) is 32.7 Å². The Morgan fingerprint density at radius 1 is 1.07 bits per heavy atom. The molecule has 1 N–H and O–H groups in total. The van der Waals surface area contributed by atoms with Crippen LogP contribution >= 0.6 is 0 Å². The number of sulfonamides is 1. The zero-order valence-corrected chi connectivity index (χ0v) is 17.3. The average Bonchev–Trinajstić information content (AvgIpc) is 2.61. The minimum atomic E-state index is -3.78. The molecule has 1 aliphatic rings. The van der Waals surface area contributed by atoms with Gasteiger partial charge in [-0.05, 0) is 55.9 Å². The number of anilines is 1. The van der Waals surface area contributed by atoms with Crippen molar-refractivity contribution >= 4 is 27.5 Å². The molecule has 27 heavy (non-hydrogen) atoms. The molecule has 0 aliphatic heterocycles. The summed E-state index contributed by atoms with van der Waals surface area (Å²) in [4.78, 5) is 25.4.